The van der Waals surface area contributed by atoms with Crippen LogP contribution in [-0.2, 0) is 9.53 Å². The molecule has 2 rings (SSSR count). The number of ketones is 1. The monoisotopic (exact) mass is 326 g/mol. The molecule has 0 atom stereocenters. The number of ether oxygens (including phenoxy) is 1. The van der Waals surface area contributed by atoms with Crippen LogP contribution in [0.5, 0.6) is 0 Å². The predicted molar refractivity (Wildman–Crippen MR) is 91.3 cm³/mol. The molecule has 0 fully saturated rings. The Labute approximate surface area is 139 Å². The summed E-state index contributed by atoms with van der Waals surface area (Å²) in [5, 5.41) is 5.69. The van der Waals surface area contributed by atoms with Crippen LogP contribution in [0.15, 0.2) is 48.5 Å². The molecular formula is C18H18N2O4. The van der Waals surface area contributed by atoms with Crippen LogP contribution in [0.1, 0.15) is 27.6 Å². The molecule has 0 saturated carbocycles. The Morgan fingerprint density at radius 3 is 1.96 bits per heavy atom. The number of methoxy groups -OCH3 is 1. The van der Waals surface area contributed by atoms with Crippen molar-refractivity contribution in [3.8, 4) is 0 Å². The molecule has 0 aromatic heterocycles. The van der Waals surface area contributed by atoms with E-state index in [2.05, 4.69) is 15.4 Å². The van der Waals surface area contributed by atoms with Gasteiger partial charge in [0.15, 0.2) is 5.78 Å². The van der Waals surface area contributed by atoms with Gasteiger partial charge in [0.25, 0.3) is 0 Å². The summed E-state index contributed by atoms with van der Waals surface area (Å²) in [5.41, 5.74) is 2.37. The summed E-state index contributed by atoms with van der Waals surface area (Å²) in [6.07, 6.45) is 0. The van der Waals surface area contributed by atoms with Crippen LogP contribution in [0, 0.1) is 0 Å². The smallest absolute Gasteiger partial charge is 0.337 e. The molecule has 2 aromatic carbocycles. The third kappa shape index (κ3) is 4.67. The highest BCUT2D eigenvalue weighted by atomic mass is 16.5. The number of carbonyl (C=O) groups excluding carboxylic acids is 3. The van der Waals surface area contributed by atoms with Crippen molar-refractivity contribution in [2.75, 3.05) is 24.3 Å². The summed E-state index contributed by atoms with van der Waals surface area (Å²) < 4.78 is 4.62. The molecule has 2 aromatic rings. The number of nitrogens with one attached hydrogen (secondary N) is 2. The first kappa shape index (κ1) is 17.2. The largest absolute Gasteiger partial charge is 0.465 e. The molecule has 2 N–H and O–H groups in total. The first-order valence-corrected chi connectivity index (χ1v) is 7.32. The van der Waals surface area contributed by atoms with Gasteiger partial charge in [0, 0.05) is 16.9 Å². The second kappa shape index (κ2) is 7.92. The molecule has 0 spiro atoms. The van der Waals surface area contributed by atoms with Gasteiger partial charge in [-0.05, 0) is 55.5 Å². The van der Waals surface area contributed by atoms with Gasteiger partial charge in [-0.2, -0.15) is 0 Å². The predicted octanol–water partition coefficient (Wildman–Crippen LogP) is 2.73. The molecule has 6 nitrogen and oxygen atoms in total. The van der Waals surface area contributed by atoms with Crippen molar-refractivity contribution in [2.45, 2.75) is 6.92 Å². The zero-order valence-corrected chi connectivity index (χ0v) is 13.5. The number of hydrogen-bond acceptors (Lipinski definition) is 5. The molecule has 0 bridgehead atoms. The van der Waals surface area contributed by atoms with Gasteiger partial charge in [-0.15, -0.1) is 0 Å². The molecule has 6 heteroatoms. The van der Waals surface area contributed by atoms with Crippen molar-refractivity contribution >= 4 is 29.0 Å². The Kier molecular flexibility index (Phi) is 5.68. The number of carbonyl (C=O) groups is 3. The summed E-state index contributed by atoms with van der Waals surface area (Å²) in [4.78, 5) is 34.4. The maximum absolute atomic E-state index is 11.9. The molecular weight excluding hydrogens is 308 g/mol. The lowest BCUT2D eigenvalue weighted by molar-refractivity contribution is -0.114. The average Bonchev–Trinajstić information content (AvgIpc) is 2.60. The van der Waals surface area contributed by atoms with Crippen LogP contribution in [-0.4, -0.2) is 31.3 Å². The van der Waals surface area contributed by atoms with E-state index in [9.17, 15) is 14.4 Å². The van der Waals surface area contributed by atoms with Gasteiger partial charge in [-0.3, -0.25) is 9.59 Å². The fourth-order valence-electron chi connectivity index (χ4n) is 2.02. The van der Waals surface area contributed by atoms with Crippen molar-refractivity contribution in [3.05, 3.63) is 59.7 Å². The Morgan fingerprint density at radius 1 is 0.875 bits per heavy atom. The van der Waals surface area contributed by atoms with Gasteiger partial charge < -0.3 is 15.4 Å². The molecule has 0 radical (unpaired) electrons. The van der Waals surface area contributed by atoms with E-state index >= 15 is 0 Å². The molecule has 0 aliphatic rings. The maximum Gasteiger partial charge on any atom is 0.337 e. The van der Waals surface area contributed by atoms with Crippen LogP contribution >= 0.6 is 0 Å². The third-order valence-corrected chi connectivity index (χ3v) is 3.33. The highest BCUT2D eigenvalue weighted by molar-refractivity contribution is 5.96. The first-order chi connectivity index (χ1) is 11.5. The Bertz CT molecular complexity index is 737. The second-order valence-corrected chi connectivity index (χ2v) is 5.10. The van der Waals surface area contributed by atoms with E-state index in [1.54, 1.807) is 48.5 Å². The molecule has 0 unspecified atom stereocenters. The Balaban J connectivity index is 1.86. The minimum Gasteiger partial charge on any atom is -0.465 e. The number of rotatable bonds is 6. The number of benzene rings is 2. The fourth-order valence-corrected chi connectivity index (χ4v) is 2.02. The fraction of sp³-hybridized carbons (Fsp3) is 0.167. The van der Waals surface area contributed by atoms with Gasteiger partial charge in [0.05, 0.1) is 19.2 Å². The van der Waals surface area contributed by atoms with Gasteiger partial charge in [-0.1, -0.05) is 0 Å². The minimum atomic E-state index is -0.409. The van der Waals surface area contributed by atoms with E-state index in [0.717, 1.165) is 0 Å². The van der Waals surface area contributed by atoms with Gasteiger partial charge in [0.2, 0.25) is 5.91 Å². The Morgan fingerprint density at radius 2 is 1.42 bits per heavy atom. The summed E-state index contributed by atoms with van der Waals surface area (Å²) in [6.45, 7) is 1.56. The van der Waals surface area contributed by atoms with Crippen molar-refractivity contribution in [1.29, 1.82) is 0 Å². The highest BCUT2D eigenvalue weighted by Crippen LogP contribution is 2.12. The van der Waals surface area contributed by atoms with E-state index in [1.807, 2.05) is 0 Å². The number of amides is 1. The molecule has 0 heterocycles. The van der Waals surface area contributed by atoms with Crippen LogP contribution in [0.4, 0.5) is 11.4 Å². The number of anilines is 2. The molecule has 0 aliphatic heterocycles. The van der Waals surface area contributed by atoms with Crippen LogP contribution in [0.2, 0.25) is 0 Å². The van der Waals surface area contributed by atoms with Gasteiger partial charge in [-0.25, -0.2) is 4.79 Å². The lowest BCUT2D eigenvalue weighted by atomic mass is 10.1. The maximum atomic E-state index is 11.9. The minimum absolute atomic E-state index is 0.0232. The van der Waals surface area contributed by atoms with Crippen LogP contribution < -0.4 is 10.6 Å². The van der Waals surface area contributed by atoms with Crippen molar-refractivity contribution in [2.24, 2.45) is 0 Å². The third-order valence-electron chi connectivity index (χ3n) is 3.33. The lowest BCUT2D eigenvalue weighted by Crippen LogP contribution is -2.21. The molecule has 0 aliphatic carbocycles. The van der Waals surface area contributed by atoms with Gasteiger partial charge >= 0.3 is 5.97 Å². The number of hydrogen-bond donors (Lipinski definition) is 2. The summed E-state index contributed by atoms with van der Waals surface area (Å²) in [5.74, 6) is -0.652. The van der Waals surface area contributed by atoms with Crippen molar-refractivity contribution < 1.29 is 19.1 Å². The lowest BCUT2D eigenvalue weighted by Gasteiger charge is -2.08. The summed E-state index contributed by atoms with van der Waals surface area (Å²) in [6, 6.07) is 13.3. The standard InChI is InChI=1S/C18H18N2O4/c1-12(21)13-3-9-16(10-4-13)20-17(22)11-19-15-7-5-14(6-8-15)18(23)24-2/h3-10,19H,11H2,1-2H3,(H,20,22). The summed E-state index contributed by atoms with van der Waals surface area (Å²) in [7, 11) is 1.32. The van der Waals surface area contributed by atoms with E-state index in [0.29, 0.717) is 22.5 Å². The van der Waals surface area contributed by atoms with E-state index in [4.69, 9.17) is 0 Å². The molecule has 124 valence electrons. The Hall–Kier alpha value is -3.15. The van der Waals surface area contributed by atoms with E-state index < -0.39 is 5.97 Å². The number of Topliss-reactive ketones (excluding diaryl/α,β-unsaturated/α-hetero) is 1. The average molecular weight is 326 g/mol. The topological polar surface area (TPSA) is 84.5 Å². The zero-order valence-electron chi connectivity index (χ0n) is 13.5. The molecule has 24 heavy (non-hydrogen) atoms. The molecule has 1 amide bonds. The molecule has 0 saturated heterocycles. The van der Waals surface area contributed by atoms with Gasteiger partial charge in [0.1, 0.15) is 0 Å². The first-order valence-electron chi connectivity index (χ1n) is 7.32. The normalized spacial score (nSPS) is 9.92. The van der Waals surface area contributed by atoms with E-state index in [1.165, 1.54) is 14.0 Å². The van der Waals surface area contributed by atoms with Crippen molar-refractivity contribution in [3.63, 3.8) is 0 Å². The second-order valence-electron chi connectivity index (χ2n) is 5.10. The highest BCUT2D eigenvalue weighted by Gasteiger charge is 2.06. The SMILES string of the molecule is COC(=O)c1ccc(NCC(=O)Nc2ccc(C(C)=O)cc2)cc1. The van der Waals surface area contributed by atoms with Crippen molar-refractivity contribution in [1.82, 2.24) is 0 Å². The zero-order chi connectivity index (χ0) is 17.5. The number of esters is 1. The quantitative estimate of drug-likeness (QED) is 0.630. The summed E-state index contributed by atoms with van der Waals surface area (Å²) >= 11 is 0. The van der Waals surface area contributed by atoms with Crippen LogP contribution in [0.3, 0.4) is 0 Å². The van der Waals surface area contributed by atoms with Crippen LogP contribution in [0.25, 0.3) is 0 Å². The van der Waals surface area contributed by atoms with E-state index in [-0.39, 0.29) is 18.2 Å².